The molecule has 0 spiro atoms. The largest absolute Gasteiger partial charge is 0.493 e. The SMILES string of the molecule is C#C/C(CO)=C(/C)c1ccc(OC)c(OC)c1. The Labute approximate surface area is 102 Å². The second-order valence-corrected chi connectivity index (χ2v) is 3.48. The molecule has 17 heavy (non-hydrogen) atoms. The van der Waals surface area contributed by atoms with E-state index < -0.39 is 0 Å². The van der Waals surface area contributed by atoms with E-state index in [-0.39, 0.29) is 6.61 Å². The number of allylic oxidation sites excluding steroid dienone is 1. The molecule has 0 amide bonds. The molecule has 0 heterocycles. The fourth-order valence-electron chi connectivity index (χ4n) is 1.52. The zero-order valence-corrected chi connectivity index (χ0v) is 10.3. The van der Waals surface area contributed by atoms with Gasteiger partial charge in [0.15, 0.2) is 11.5 Å². The van der Waals surface area contributed by atoms with Gasteiger partial charge in [-0.15, -0.1) is 6.42 Å². The fourth-order valence-corrected chi connectivity index (χ4v) is 1.52. The Balaban J connectivity index is 3.26. The second-order valence-electron chi connectivity index (χ2n) is 3.48. The summed E-state index contributed by atoms with van der Waals surface area (Å²) in [5, 5.41) is 9.13. The Morgan fingerprint density at radius 1 is 1.29 bits per heavy atom. The summed E-state index contributed by atoms with van der Waals surface area (Å²) in [7, 11) is 3.16. The average molecular weight is 232 g/mol. The summed E-state index contributed by atoms with van der Waals surface area (Å²) in [6, 6.07) is 5.52. The van der Waals surface area contributed by atoms with Gasteiger partial charge in [0.2, 0.25) is 0 Å². The maximum absolute atomic E-state index is 9.13. The zero-order chi connectivity index (χ0) is 12.8. The molecule has 1 aromatic carbocycles. The van der Waals surface area contributed by atoms with Gasteiger partial charge in [-0.1, -0.05) is 12.0 Å². The molecule has 0 fully saturated rings. The van der Waals surface area contributed by atoms with Gasteiger partial charge in [-0.3, -0.25) is 0 Å². The van der Waals surface area contributed by atoms with Crippen LogP contribution in [0.2, 0.25) is 0 Å². The van der Waals surface area contributed by atoms with Crippen molar-refractivity contribution in [2.24, 2.45) is 0 Å². The predicted molar refractivity (Wildman–Crippen MR) is 68.1 cm³/mol. The Morgan fingerprint density at radius 2 is 1.94 bits per heavy atom. The molecule has 0 aromatic heterocycles. The molecule has 0 aliphatic carbocycles. The molecule has 0 aliphatic heterocycles. The van der Waals surface area contributed by atoms with Crippen LogP contribution < -0.4 is 9.47 Å². The van der Waals surface area contributed by atoms with Gasteiger partial charge in [-0.2, -0.15) is 0 Å². The van der Waals surface area contributed by atoms with E-state index in [9.17, 15) is 0 Å². The van der Waals surface area contributed by atoms with Crippen molar-refractivity contribution >= 4 is 5.57 Å². The van der Waals surface area contributed by atoms with Crippen LogP contribution in [0.1, 0.15) is 12.5 Å². The Bertz CT molecular complexity index is 467. The zero-order valence-electron chi connectivity index (χ0n) is 10.3. The van der Waals surface area contributed by atoms with Gasteiger partial charge in [-0.05, 0) is 30.2 Å². The third-order valence-electron chi connectivity index (χ3n) is 2.60. The van der Waals surface area contributed by atoms with Crippen molar-refractivity contribution in [2.45, 2.75) is 6.92 Å². The van der Waals surface area contributed by atoms with E-state index in [0.29, 0.717) is 17.1 Å². The van der Waals surface area contributed by atoms with Crippen molar-refractivity contribution in [2.75, 3.05) is 20.8 Å². The molecule has 90 valence electrons. The summed E-state index contributed by atoms with van der Waals surface area (Å²) in [6.07, 6.45) is 5.32. The lowest BCUT2D eigenvalue weighted by molar-refractivity contribution is 0.336. The van der Waals surface area contributed by atoms with Crippen LogP contribution >= 0.6 is 0 Å². The Kier molecular flexibility index (Phi) is 4.62. The van der Waals surface area contributed by atoms with Crippen molar-refractivity contribution < 1.29 is 14.6 Å². The maximum Gasteiger partial charge on any atom is 0.161 e. The van der Waals surface area contributed by atoms with Gasteiger partial charge >= 0.3 is 0 Å². The van der Waals surface area contributed by atoms with Crippen LogP contribution in [0.5, 0.6) is 11.5 Å². The molecule has 0 unspecified atom stereocenters. The lowest BCUT2D eigenvalue weighted by atomic mass is 10.0. The molecular formula is C14H16O3. The number of hydrogen-bond acceptors (Lipinski definition) is 3. The molecule has 0 bridgehead atoms. The number of benzene rings is 1. The summed E-state index contributed by atoms with van der Waals surface area (Å²) in [4.78, 5) is 0. The van der Waals surface area contributed by atoms with E-state index in [1.54, 1.807) is 14.2 Å². The number of aliphatic hydroxyl groups is 1. The topological polar surface area (TPSA) is 38.7 Å². The first-order chi connectivity index (χ1) is 8.17. The molecule has 0 aliphatic rings. The molecule has 0 radical (unpaired) electrons. The van der Waals surface area contributed by atoms with Crippen molar-refractivity contribution in [1.29, 1.82) is 0 Å². The first kappa shape index (κ1) is 13.1. The standard InChI is InChI=1S/C14H16O3/c1-5-11(9-15)10(2)12-6-7-13(16-3)14(8-12)17-4/h1,6-8,15H,9H2,2-4H3/b11-10+. The summed E-state index contributed by atoms with van der Waals surface area (Å²) < 4.78 is 10.4. The first-order valence-corrected chi connectivity index (χ1v) is 5.17. The van der Waals surface area contributed by atoms with Crippen LogP contribution in [-0.2, 0) is 0 Å². The number of terminal acetylenes is 1. The molecule has 1 N–H and O–H groups in total. The number of aliphatic hydroxyl groups excluding tert-OH is 1. The van der Waals surface area contributed by atoms with E-state index in [2.05, 4.69) is 5.92 Å². The summed E-state index contributed by atoms with van der Waals surface area (Å²) in [6.45, 7) is 1.73. The first-order valence-electron chi connectivity index (χ1n) is 5.17. The number of rotatable bonds is 4. The Morgan fingerprint density at radius 3 is 2.41 bits per heavy atom. The van der Waals surface area contributed by atoms with Crippen molar-refractivity contribution in [3.05, 3.63) is 29.3 Å². The predicted octanol–water partition coefficient (Wildman–Crippen LogP) is 2.10. The van der Waals surface area contributed by atoms with Crippen LogP contribution in [0.4, 0.5) is 0 Å². The summed E-state index contributed by atoms with van der Waals surface area (Å²) in [5.41, 5.74) is 2.33. The van der Waals surface area contributed by atoms with Crippen LogP contribution in [-0.4, -0.2) is 25.9 Å². The highest BCUT2D eigenvalue weighted by Crippen LogP contribution is 2.30. The van der Waals surface area contributed by atoms with E-state index in [0.717, 1.165) is 11.1 Å². The van der Waals surface area contributed by atoms with E-state index in [1.807, 2.05) is 25.1 Å². The molecule has 1 rings (SSSR count). The highest BCUT2D eigenvalue weighted by Gasteiger charge is 2.07. The fraction of sp³-hybridized carbons (Fsp3) is 0.286. The molecule has 1 aromatic rings. The number of methoxy groups -OCH3 is 2. The van der Waals surface area contributed by atoms with Crippen LogP contribution in [0, 0.1) is 12.3 Å². The summed E-state index contributed by atoms with van der Waals surface area (Å²) in [5.74, 6) is 3.77. The van der Waals surface area contributed by atoms with Crippen LogP contribution in [0.15, 0.2) is 23.8 Å². The lowest BCUT2D eigenvalue weighted by Crippen LogP contribution is -1.95. The number of hydrogen-bond donors (Lipinski definition) is 1. The average Bonchev–Trinajstić information content (AvgIpc) is 2.39. The highest BCUT2D eigenvalue weighted by molar-refractivity contribution is 5.72. The smallest absolute Gasteiger partial charge is 0.161 e. The van der Waals surface area contributed by atoms with Crippen LogP contribution in [0.25, 0.3) is 5.57 Å². The molecule has 0 saturated heterocycles. The third-order valence-corrected chi connectivity index (χ3v) is 2.60. The molecule has 0 saturated carbocycles. The normalized spacial score (nSPS) is 11.5. The molecule has 0 atom stereocenters. The third kappa shape index (κ3) is 2.80. The van der Waals surface area contributed by atoms with Crippen molar-refractivity contribution in [3.8, 4) is 23.8 Å². The summed E-state index contributed by atoms with van der Waals surface area (Å²) >= 11 is 0. The molecular weight excluding hydrogens is 216 g/mol. The van der Waals surface area contributed by atoms with Crippen LogP contribution in [0.3, 0.4) is 0 Å². The van der Waals surface area contributed by atoms with Crippen molar-refractivity contribution in [3.63, 3.8) is 0 Å². The quantitative estimate of drug-likeness (QED) is 0.808. The van der Waals surface area contributed by atoms with Gasteiger partial charge < -0.3 is 14.6 Å². The minimum atomic E-state index is -0.142. The van der Waals surface area contributed by atoms with Gasteiger partial charge in [0, 0.05) is 5.57 Å². The molecule has 3 nitrogen and oxygen atoms in total. The lowest BCUT2D eigenvalue weighted by Gasteiger charge is -2.11. The van der Waals surface area contributed by atoms with Crippen molar-refractivity contribution in [1.82, 2.24) is 0 Å². The van der Waals surface area contributed by atoms with Gasteiger partial charge in [-0.25, -0.2) is 0 Å². The monoisotopic (exact) mass is 232 g/mol. The number of ether oxygens (including phenoxy) is 2. The highest BCUT2D eigenvalue weighted by atomic mass is 16.5. The minimum absolute atomic E-state index is 0.142. The van der Waals surface area contributed by atoms with E-state index >= 15 is 0 Å². The Hall–Kier alpha value is -1.92. The van der Waals surface area contributed by atoms with E-state index in [4.69, 9.17) is 21.0 Å². The van der Waals surface area contributed by atoms with Gasteiger partial charge in [0.1, 0.15) is 0 Å². The van der Waals surface area contributed by atoms with E-state index in [1.165, 1.54) is 0 Å². The van der Waals surface area contributed by atoms with Gasteiger partial charge in [0.25, 0.3) is 0 Å². The van der Waals surface area contributed by atoms with Gasteiger partial charge in [0.05, 0.1) is 20.8 Å². The second kappa shape index (κ2) is 5.97. The maximum atomic E-state index is 9.13. The minimum Gasteiger partial charge on any atom is -0.493 e. The molecule has 3 heteroatoms.